The summed E-state index contributed by atoms with van der Waals surface area (Å²) in [7, 11) is 0. The Hall–Kier alpha value is -2.85. The maximum Gasteiger partial charge on any atom is 0.410 e. The van der Waals surface area contributed by atoms with Gasteiger partial charge in [0, 0.05) is 24.7 Å². The molecule has 2 aromatic heterocycles. The molecule has 3 atom stereocenters. The summed E-state index contributed by atoms with van der Waals surface area (Å²) < 4.78 is 43.0. The van der Waals surface area contributed by atoms with Gasteiger partial charge in [0.2, 0.25) is 5.91 Å². The van der Waals surface area contributed by atoms with Crippen LogP contribution in [0, 0.1) is 6.92 Å². The van der Waals surface area contributed by atoms with E-state index in [1.807, 2.05) is 6.92 Å². The Bertz CT molecular complexity index is 1030. The van der Waals surface area contributed by atoms with Crippen molar-refractivity contribution < 1.29 is 18.0 Å². The topological polar surface area (TPSA) is 85.1 Å². The van der Waals surface area contributed by atoms with Crippen LogP contribution >= 0.6 is 0 Å². The van der Waals surface area contributed by atoms with Crippen LogP contribution in [-0.4, -0.2) is 49.1 Å². The number of anilines is 1. The number of hydrogen-bond donors (Lipinski definition) is 1. The zero-order valence-electron chi connectivity index (χ0n) is 17.4. The fourth-order valence-corrected chi connectivity index (χ4v) is 4.36. The maximum absolute atomic E-state index is 13.6. The van der Waals surface area contributed by atoms with E-state index >= 15 is 0 Å². The third-order valence-corrected chi connectivity index (χ3v) is 5.98. The van der Waals surface area contributed by atoms with E-state index in [-0.39, 0.29) is 30.5 Å². The normalized spacial score (nSPS) is 23.5. The van der Waals surface area contributed by atoms with Gasteiger partial charge in [0.05, 0.1) is 17.4 Å². The van der Waals surface area contributed by atoms with Crippen molar-refractivity contribution in [2.45, 2.75) is 70.4 Å². The van der Waals surface area contributed by atoms with E-state index in [1.54, 1.807) is 24.0 Å². The van der Waals surface area contributed by atoms with Gasteiger partial charge in [-0.3, -0.25) is 9.59 Å². The van der Waals surface area contributed by atoms with Crippen molar-refractivity contribution in [3.63, 3.8) is 0 Å². The van der Waals surface area contributed by atoms with Gasteiger partial charge in [0.1, 0.15) is 12.4 Å². The number of likely N-dealkylation sites (tertiary alicyclic amines) is 1. The fraction of sp³-hybridized carbons (Fsp3) is 0.600. The highest BCUT2D eigenvalue weighted by atomic mass is 19.4. The minimum atomic E-state index is -4.41. The highest BCUT2D eigenvalue weighted by Gasteiger charge is 2.46. The van der Waals surface area contributed by atoms with Crippen molar-refractivity contribution in [3.05, 3.63) is 39.9 Å². The Morgan fingerprint density at radius 3 is 2.77 bits per heavy atom. The fourth-order valence-electron chi connectivity index (χ4n) is 4.36. The largest absolute Gasteiger partial charge is 0.410 e. The van der Waals surface area contributed by atoms with Crippen LogP contribution in [-0.2, 0) is 11.3 Å². The molecular formula is C20H25F3N6O2. The molecule has 0 aromatic carbocycles. The Kier molecular flexibility index (Phi) is 5.52. The molecule has 1 saturated heterocycles. The van der Waals surface area contributed by atoms with Gasteiger partial charge in [-0.15, -0.1) is 0 Å². The van der Waals surface area contributed by atoms with Gasteiger partial charge in [-0.2, -0.15) is 23.4 Å². The molecule has 1 unspecified atom stereocenters. The van der Waals surface area contributed by atoms with Gasteiger partial charge in [-0.1, -0.05) is 6.92 Å². The molecule has 0 spiro atoms. The molecule has 168 valence electrons. The number of carbonyl (C=O) groups is 1. The predicted molar refractivity (Wildman–Crippen MR) is 107 cm³/mol. The number of aromatic nitrogens is 4. The zero-order chi connectivity index (χ0) is 22.3. The number of aryl methyl sites for hydroxylation is 1. The molecule has 8 nitrogen and oxygen atoms in total. The molecule has 1 fully saturated rings. The minimum Gasteiger partial charge on any atom is -0.367 e. The lowest BCUT2D eigenvalue weighted by molar-refractivity contribution is -0.173. The second-order valence-corrected chi connectivity index (χ2v) is 8.16. The van der Waals surface area contributed by atoms with E-state index in [4.69, 9.17) is 0 Å². The Labute approximate surface area is 177 Å². The monoisotopic (exact) mass is 438 g/mol. The van der Waals surface area contributed by atoms with Crippen LogP contribution in [0.5, 0.6) is 0 Å². The number of fused-ring (bicyclic) bond motifs is 1. The molecule has 2 aromatic rings. The highest BCUT2D eigenvalue weighted by Crippen LogP contribution is 2.42. The van der Waals surface area contributed by atoms with E-state index in [0.717, 1.165) is 9.36 Å². The molecule has 11 heteroatoms. The number of alkyl halides is 3. The molecule has 0 aliphatic carbocycles. The molecule has 4 heterocycles. The van der Waals surface area contributed by atoms with Gasteiger partial charge in [0.15, 0.2) is 6.04 Å². The van der Waals surface area contributed by atoms with E-state index in [0.29, 0.717) is 43.0 Å². The average molecular weight is 438 g/mol. The lowest BCUT2D eigenvalue weighted by atomic mass is 10.0. The second kappa shape index (κ2) is 8.01. The molecule has 31 heavy (non-hydrogen) atoms. The summed E-state index contributed by atoms with van der Waals surface area (Å²) in [5, 5.41) is 11.5. The molecule has 0 radical (unpaired) electrons. The summed E-state index contributed by atoms with van der Waals surface area (Å²) in [6.07, 6.45) is -2.60. The summed E-state index contributed by atoms with van der Waals surface area (Å²) in [4.78, 5) is 26.5. The summed E-state index contributed by atoms with van der Waals surface area (Å²) in [5.41, 5.74) is 0.667. The summed E-state index contributed by atoms with van der Waals surface area (Å²) in [6.45, 7) is 3.81. The van der Waals surface area contributed by atoms with Crippen LogP contribution in [0.3, 0.4) is 0 Å². The van der Waals surface area contributed by atoms with E-state index < -0.39 is 18.3 Å². The Morgan fingerprint density at radius 1 is 1.29 bits per heavy atom. The lowest BCUT2D eigenvalue weighted by Gasteiger charge is -2.32. The molecule has 1 amide bonds. The number of hydrogen-bond acceptors (Lipinski definition) is 5. The van der Waals surface area contributed by atoms with Crippen LogP contribution in [0.4, 0.5) is 19.0 Å². The Balaban J connectivity index is 1.59. The van der Waals surface area contributed by atoms with Crippen molar-refractivity contribution >= 4 is 11.7 Å². The number of nitrogens with zero attached hydrogens (tertiary/aromatic N) is 5. The SMILES string of the molecule is CC[C@@H]1C[C@H](C(F)(F)F)n2nc(C3CCCN3C(=O)Cn3nc(C)ccc3=O)cc2N1. The summed E-state index contributed by atoms with van der Waals surface area (Å²) >= 11 is 0. The first-order valence-electron chi connectivity index (χ1n) is 10.4. The van der Waals surface area contributed by atoms with Crippen LogP contribution in [0.2, 0.25) is 0 Å². The molecule has 2 aliphatic rings. The molecule has 2 aliphatic heterocycles. The third-order valence-electron chi connectivity index (χ3n) is 5.98. The van der Waals surface area contributed by atoms with Crippen LogP contribution < -0.4 is 10.9 Å². The van der Waals surface area contributed by atoms with Gasteiger partial charge in [-0.25, -0.2) is 9.36 Å². The summed E-state index contributed by atoms with van der Waals surface area (Å²) in [5.74, 6) is 0.0201. The predicted octanol–water partition coefficient (Wildman–Crippen LogP) is 2.81. The first kappa shape index (κ1) is 21.4. The zero-order valence-corrected chi connectivity index (χ0v) is 17.4. The lowest BCUT2D eigenvalue weighted by Crippen LogP contribution is -2.39. The average Bonchev–Trinajstić information content (AvgIpc) is 3.35. The minimum absolute atomic E-state index is 0.0800. The first-order chi connectivity index (χ1) is 14.7. The molecule has 4 rings (SSSR count). The second-order valence-electron chi connectivity index (χ2n) is 8.16. The molecule has 0 saturated carbocycles. The van der Waals surface area contributed by atoms with Crippen molar-refractivity contribution in [1.29, 1.82) is 0 Å². The smallest absolute Gasteiger partial charge is 0.367 e. The van der Waals surface area contributed by atoms with Crippen LogP contribution in [0.25, 0.3) is 0 Å². The van der Waals surface area contributed by atoms with Gasteiger partial charge >= 0.3 is 6.18 Å². The Morgan fingerprint density at radius 2 is 2.06 bits per heavy atom. The molecule has 1 N–H and O–H groups in total. The quantitative estimate of drug-likeness (QED) is 0.794. The van der Waals surface area contributed by atoms with Crippen molar-refractivity contribution in [1.82, 2.24) is 24.5 Å². The van der Waals surface area contributed by atoms with E-state index in [1.165, 1.54) is 6.07 Å². The number of nitrogens with one attached hydrogen (secondary N) is 1. The standard InChI is InChI=1S/C20H25F3N6O2/c1-3-13-9-16(20(21,22)23)29-17(24-13)10-14(26-29)15-5-4-8-27(15)19(31)11-28-18(30)7-6-12(2)25-28/h6-7,10,13,15-16,24H,3-5,8-9,11H2,1-2H3/t13-,15?,16-/m1/s1. The third kappa shape index (κ3) is 4.17. The number of halogens is 3. The number of carbonyl (C=O) groups excluding carboxylic acids is 1. The van der Waals surface area contributed by atoms with Crippen molar-refractivity contribution in [2.24, 2.45) is 0 Å². The van der Waals surface area contributed by atoms with E-state index in [9.17, 15) is 22.8 Å². The van der Waals surface area contributed by atoms with Crippen molar-refractivity contribution in [2.75, 3.05) is 11.9 Å². The summed E-state index contributed by atoms with van der Waals surface area (Å²) in [6, 6.07) is 2.14. The van der Waals surface area contributed by atoms with Crippen LogP contribution in [0.1, 0.15) is 56.1 Å². The van der Waals surface area contributed by atoms with Gasteiger partial charge < -0.3 is 10.2 Å². The van der Waals surface area contributed by atoms with Gasteiger partial charge in [-0.05, 0) is 38.7 Å². The van der Waals surface area contributed by atoms with Gasteiger partial charge in [0.25, 0.3) is 5.56 Å². The number of amides is 1. The first-order valence-corrected chi connectivity index (χ1v) is 10.4. The molecular weight excluding hydrogens is 413 g/mol. The highest BCUT2D eigenvalue weighted by molar-refractivity contribution is 5.76. The maximum atomic E-state index is 13.6. The van der Waals surface area contributed by atoms with Crippen LogP contribution in [0.15, 0.2) is 23.0 Å². The molecule has 0 bridgehead atoms. The van der Waals surface area contributed by atoms with Crippen molar-refractivity contribution in [3.8, 4) is 0 Å². The van der Waals surface area contributed by atoms with E-state index in [2.05, 4.69) is 15.5 Å². The number of rotatable bonds is 4.